The molecule has 0 aliphatic rings. The molecule has 2 N–H and O–H groups in total. The first-order valence-corrected chi connectivity index (χ1v) is 6.77. The van der Waals surface area contributed by atoms with E-state index in [1.54, 1.807) is 6.07 Å². The number of nitrogens with one attached hydrogen (secondary N) is 1. The van der Waals surface area contributed by atoms with Crippen molar-refractivity contribution in [1.82, 2.24) is 0 Å². The van der Waals surface area contributed by atoms with Crippen molar-refractivity contribution in [3.8, 4) is 0 Å². The molecule has 2 aromatic carbocycles. The van der Waals surface area contributed by atoms with Crippen LogP contribution in [0.2, 0.25) is 0 Å². The molecule has 4 nitrogen and oxygen atoms in total. The van der Waals surface area contributed by atoms with Gasteiger partial charge in [0.15, 0.2) is 11.6 Å². The monoisotopic (exact) mass is 403 g/mol. The van der Waals surface area contributed by atoms with E-state index < -0.39 is 29.1 Å². The number of aromatic carboxylic acids is 1. The lowest BCUT2D eigenvalue weighted by atomic mass is 10.1. The molecule has 0 bridgehead atoms. The van der Waals surface area contributed by atoms with E-state index in [1.165, 1.54) is 18.2 Å². The zero-order valence-corrected chi connectivity index (χ0v) is 12.5. The number of carbonyl (C=O) groups excluding carboxylic acids is 1. The Labute approximate surface area is 131 Å². The summed E-state index contributed by atoms with van der Waals surface area (Å²) in [4.78, 5) is 23.1. The number of carboxylic acid groups (broad SMARTS) is 1. The van der Waals surface area contributed by atoms with E-state index in [4.69, 9.17) is 5.11 Å². The Hall–Kier alpha value is -2.03. The van der Waals surface area contributed by atoms with E-state index in [9.17, 15) is 18.4 Å². The zero-order chi connectivity index (χ0) is 15.6. The van der Waals surface area contributed by atoms with Crippen LogP contribution in [-0.2, 0) is 0 Å². The molecular weight excluding hydrogens is 395 g/mol. The minimum absolute atomic E-state index is 0.0410. The lowest BCUT2D eigenvalue weighted by Gasteiger charge is -2.11. The number of hydrogen-bond acceptors (Lipinski definition) is 2. The van der Waals surface area contributed by atoms with Crippen LogP contribution >= 0.6 is 22.6 Å². The fourth-order valence-electron chi connectivity index (χ4n) is 1.69. The molecule has 1 amide bonds. The van der Waals surface area contributed by atoms with Crippen LogP contribution < -0.4 is 5.32 Å². The van der Waals surface area contributed by atoms with Crippen LogP contribution in [0.1, 0.15) is 20.7 Å². The SMILES string of the molecule is O=C(Nc1c(I)cccc1C(=O)O)c1cccc(F)c1F. The molecule has 0 unspecified atom stereocenters. The minimum atomic E-state index is -1.28. The molecular formula is C14H8F2INO3. The van der Waals surface area contributed by atoms with Crippen LogP contribution in [0.4, 0.5) is 14.5 Å². The molecule has 2 rings (SSSR count). The summed E-state index contributed by atoms with van der Waals surface area (Å²) in [6, 6.07) is 7.61. The maximum Gasteiger partial charge on any atom is 0.337 e. The topological polar surface area (TPSA) is 66.4 Å². The van der Waals surface area contributed by atoms with E-state index in [0.717, 1.165) is 12.1 Å². The predicted molar refractivity (Wildman–Crippen MR) is 80.4 cm³/mol. The second-order valence-corrected chi connectivity index (χ2v) is 5.19. The largest absolute Gasteiger partial charge is 0.478 e. The molecule has 2 aromatic rings. The maximum atomic E-state index is 13.6. The van der Waals surface area contributed by atoms with Gasteiger partial charge in [-0.3, -0.25) is 4.79 Å². The van der Waals surface area contributed by atoms with E-state index >= 15 is 0 Å². The standard InChI is InChI=1S/C14H8F2INO3/c15-9-5-1-3-7(11(9)16)13(19)18-12-8(14(20)21)4-2-6-10(12)17/h1-6H,(H,18,19)(H,20,21). The molecule has 21 heavy (non-hydrogen) atoms. The van der Waals surface area contributed by atoms with Crippen LogP contribution in [-0.4, -0.2) is 17.0 Å². The summed E-state index contributed by atoms with van der Waals surface area (Å²) in [7, 11) is 0. The van der Waals surface area contributed by atoms with Crippen molar-refractivity contribution in [1.29, 1.82) is 0 Å². The van der Waals surface area contributed by atoms with Gasteiger partial charge in [0.1, 0.15) is 0 Å². The first kappa shape index (κ1) is 15.4. The number of carboxylic acids is 1. The average Bonchev–Trinajstić information content (AvgIpc) is 2.43. The van der Waals surface area contributed by atoms with Gasteiger partial charge in [-0.2, -0.15) is 0 Å². The van der Waals surface area contributed by atoms with Crippen molar-refractivity contribution in [3.05, 3.63) is 62.7 Å². The molecule has 108 valence electrons. The van der Waals surface area contributed by atoms with E-state index in [2.05, 4.69) is 5.32 Å². The molecule has 0 heterocycles. The molecule has 7 heteroatoms. The number of anilines is 1. The third-order valence-corrected chi connectivity index (χ3v) is 3.58. The fourth-order valence-corrected chi connectivity index (χ4v) is 2.32. The van der Waals surface area contributed by atoms with Crippen LogP contribution in [0.3, 0.4) is 0 Å². The Morgan fingerprint density at radius 1 is 1.05 bits per heavy atom. The molecule has 0 saturated heterocycles. The van der Waals surface area contributed by atoms with Crippen LogP contribution in [0.25, 0.3) is 0 Å². The highest BCUT2D eigenvalue weighted by Crippen LogP contribution is 2.24. The Bertz CT molecular complexity index is 734. The highest BCUT2D eigenvalue weighted by molar-refractivity contribution is 14.1. The van der Waals surface area contributed by atoms with E-state index in [-0.39, 0.29) is 11.3 Å². The van der Waals surface area contributed by atoms with Crippen molar-refractivity contribution in [3.63, 3.8) is 0 Å². The molecule has 0 radical (unpaired) electrons. The predicted octanol–water partition coefficient (Wildman–Crippen LogP) is 3.52. The lowest BCUT2D eigenvalue weighted by molar-refractivity contribution is 0.0698. The fraction of sp³-hybridized carbons (Fsp3) is 0. The van der Waals surface area contributed by atoms with Gasteiger partial charge < -0.3 is 10.4 Å². The highest BCUT2D eigenvalue weighted by Gasteiger charge is 2.19. The Kier molecular flexibility index (Phi) is 4.51. The number of para-hydroxylation sites is 1. The van der Waals surface area contributed by atoms with Crippen molar-refractivity contribution < 1.29 is 23.5 Å². The van der Waals surface area contributed by atoms with Crippen molar-refractivity contribution in [2.24, 2.45) is 0 Å². The van der Waals surface area contributed by atoms with Gasteiger partial charge >= 0.3 is 5.97 Å². The average molecular weight is 403 g/mol. The Morgan fingerprint density at radius 3 is 2.33 bits per heavy atom. The molecule has 0 aliphatic heterocycles. The van der Waals surface area contributed by atoms with Crippen LogP contribution in [0.5, 0.6) is 0 Å². The summed E-state index contributed by atoms with van der Waals surface area (Å²) in [5.41, 5.74) is -0.586. The van der Waals surface area contributed by atoms with Gasteiger partial charge in [0.2, 0.25) is 0 Å². The number of carbonyl (C=O) groups is 2. The number of hydrogen-bond donors (Lipinski definition) is 2. The van der Waals surface area contributed by atoms with Crippen LogP contribution in [0.15, 0.2) is 36.4 Å². The van der Waals surface area contributed by atoms with Gasteiger partial charge in [-0.05, 0) is 46.9 Å². The number of rotatable bonds is 3. The summed E-state index contributed by atoms with van der Waals surface area (Å²) >= 11 is 1.84. The molecule has 0 aliphatic carbocycles. The van der Waals surface area contributed by atoms with E-state index in [1.807, 2.05) is 22.6 Å². The molecule has 0 saturated carbocycles. The molecule has 0 spiro atoms. The molecule has 0 aromatic heterocycles. The first-order chi connectivity index (χ1) is 9.91. The molecule has 0 fully saturated rings. The summed E-state index contributed by atoms with van der Waals surface area (Å²) in [6.45, 7) is 0. The number of benzene rings is 2. The van der Waals surface area contributed by atoms with Crippen molar-refractivity contribution >= 4 is 40.2 Å². The van der Waals surface area contributed by atoms with Crippen LogP contribution in [0, 0.1) is 15.2 Å². The van der Waals surface area contributed by atoms with Gasteiger partial charge in [0.25, 0.3) is 5.91 Å². The minimum Gasteiger partial charge on any atom is -0.478 e. The Morgan fingerprint density at radius 2 is 1.67 bits per heavy atom. The van der Waals surface area contributed by atoms with Gasteiger partial charge in [-0.15, -0.1) is 0 Å². The van der Waals surface area contributed by atoms with Crippen molar-refractivity contribution in [2.45, 2.75) is 0 Å². The van der Waals surface area contributed by atoms with Gasteiger partial charge in [-0.1, -0.05) is 12.1 Å². The Balaban J connectivity index is 2.41. The molecule has 0 atom stereocenters. The third-order valence-electron chi connectivity index (χ3n) is 2.68. The first-order valence-electron chi connectivity index (χ1n) is 5.69. The summed E-state index contributed by atoms with van der Waals surface area (Å²) in [5, 5.41) is 11.4. The highest BCUT2D eigenvalue weighted by atomic mass is 127. The number of halogens is 3. The smallest absolute Gasteiger partial charge is 0.337 e. The second kappa shape index (κ2) is 6.17. The van der Waals surface area contributed by atoms with Gasteiger partial charge in [-0.25, -0.2) is 13.6 Å². The number of amides is 1. The van der Waals surface area contributed by atoms with E-state index in [0.29, 0.717) is 3.57 Å². The third kappa shape index (κ3) is 3.18. The maximum absolute atomic E-state index is 13.6. The summed E-state index contributed by atoms with van der Waals surface area (Å²) in [5.74, 6) is -4.58. The zero-order valence-electron chi connectivity index (χ0n) is 10.4. The van der Waals surface area contributed by atoms with Gasteiger partial charge in [0, 0.05) is 3.57 Å². The second-order valence-electron chi connectivity index (χ2n) is 4.02. The lowest BCUT2D eigenvalue weighted by Crippen LogP contribution is -2.17. The van der Waals surface area contributed by atoms with Crippen molar-refractivity contribution in [2.75, 3.05) is 5.32 Å². The summed E-state index contributed by atoms with van der Waals surface area (Å²) in [6.07, 6.45) is 0. The summed E-state index contributed by atoms with van der Waals surface area (Å²) < 4.78 is 27.1. The normalized spacial score (nSPS) is 10.2. The quantitative estimate of drug-likeness (QED) is 0.771. The van der Waals surface area contributed by atoms with Gasteiger partial charge in [0.05, 0.1) is 16.8 Å².